The van der Waals surface area contributed by atoms with E-state index in [1.807, 2.05) is 6.07 Å². The Morgan fingerprint density at radius 2 is 2.05 bits per heavy atom. The van der Waals surface area contributed by atoms with Gasteiger partial charge in [0.1, 0.15) is 5.75 Å². The zero-order chi connectivity index (χ0) is 13.8. The molecule has 3 heteroatoms. The maximum Gasteiger partial charge on any atom is 0.120 e. The lowest BCUT2D eigenvalue weighted by Crippen LogP contribution is -2.43. The van der Waals surface area contributed by atoms with E-state index in [9.17, 15) is 0 Å². The SMILES string of the molecule is COc1cccc(NC2CCCCC2C2CCCN2)c1. The first-order chi connectivity index (χ1) is 9.86. The Hall–Kier alpha value is -1.22. The average Bonchev–Trinajstić information content (AvgIpc) is 3.02. The van der Waals surface area contributed by atoms with Gasteiger partial charge in [-0.2, -0.15) is 0 Å². The van der Waals surface area contributed by atoms with Gasteiger partial charge >= 0.3 is 0 Å². The van der Waals surface area contributed by atoms with Crippen molar-refractivity contribution in [2.45, 2.75) is 50.6 Å². The lowest BCUT2D eigenvalue weighted by molar-refractivity contribution is 0.262. The molecule has 0 radical (unpaired) electrons. The van der Waals surface area contributed by atoms with Crippen molar-refractivity contribution in [2.75, 3.05) is 19.0 Å². The zero-order valence-corrected chi connectivity index (χ0v) is 12.4. The van der Waals surface area contributed by atoms with Crippen LogP contribution in [0.5, 0.6) is 5.75 Å². The molecule has 0 spiro atoms. The molecule has 2 N–H and O–H groups in total. The van der Waals surface area contributed by atoms with Crippen molar-refractivity contribution in [1.29, 1.82) is 0 Å². The standard InChI is InChI=1S/C17H26N2O/c1-20-14-7-4-6-13(12-14)19-17-9-3-2-8-15(17)16-10-5-11-18-16/h4,6-7,12,15-19H,2-3,5,8-11H2,1H3. The molecule has 1 aliphatic heterocycles. The van der Waals surface area contributed by atoms with Crippen molar-refractivity contribution in [3.63, 3.8) is 0 Å². The first-order valence-electron chi connectivity index (χ1n) is 8.01. The van der Waals surface area contributed by atoms with Crippen LogP contribution in [0.2, 0.25) is 0 Å². The number of methoxy groups -OCH3 is 1. The number of nitrogens with one attached hydrogen (secondary N) is 2. The van der Waals surface area contributed by atoms with Crippen LogP contribution in [0, 0.1) is 5.92 Å². The maximum absolute atomic E-state index is 5.32. The van der Waals surface area contributed by atoms with Gasteiger partial charge in [0, 0.05) is 23.8 Å². The number of ether oxygens (including phenoxy) is 1. The van der Waals surface area contributed by atoms with Crippen LogP contribution in [0.15, 0.2) is 24.3 Å². The molecule has 3 unspecified atom stereocenters. The summed E-state index contributed by atoms with van der Waals surface area (Å²) in [6, 6.07) is 9.64. The summed E-state index contributed by atoms with van der Waals surface area (Å²) in [6.45, 7) is 1.20. The van der Waals surface area contributed by atoms with Crippen LogP contribution in [0.1, 0.15) is 38.5 Å². The molecule has 1 aromatic rings. The van der Waals surface area contributed by atoms with Crippen LogP contribution in [0.4, 0.5) is 5.69 Å². The third-order valence-corrected chi connectivity index (χ3v) is 4.86. The molecule has 0 aromatic heterocycles. The smallest absolute Gasteiger partial charge is 0.120 e. The van der Waals surface area contributed by atoms with E-state index in [-0.39, 0.29) is 0 Å². The molecule has 3 rings (SSSR count). The molecule has 1 aromatic carbocycles. The van der Waals surface area contributed by atoms with Gasteiger partial charge < -0.3 is 15.4 Å². The second-order valence-electron chi connectivity index (χ2n) is 6.13. The van der Waals surface area contributed by atoms with Crippen molar-refractivity contribution in [1.82, 2.24) is 5.32 Å². The predicted octanol–water partition coefficient (Wildman–Crippen LogP) is 3.42. The molecule has 110 valence electrons. The van der Waals surface area contributed by atoms with Crippen LogP contribution >= 0.6 is 0 Å². The Morgan fingerprint density at radius 1 is 1.15 bits per heavy atom. The Bertz CT molecular complexity index is 429. The van der Waals surface area contributed by atoms with Gasteiger partial charge in [-0.1, -0.05) is 18.9 Å². The number of hydrogen-bond donors (Lipinski definition) is 2. The first-order valence-corrected chi connectivity index (χ1v) is 8.01. The Kier molecular flexibility index (Phi) is 4.46. The highest BCUT2D eigenvalue weighted by Gasteiger charge is 2.33. The molecule has 3 atom stereocenters. The average molecular weight is 274 g/mol. The van der Waals surface area contributed by atoms with Gasteiger partial charge in [0.05, 0.1) is 7.11 Å². The topological polar surface area (TPSA) is 33.3 Å². The van der Waals surface area contributed by atoms with E-state index < -0.39 is 0 Å². The molecule has 1 aliphatic carbocycles. The summed E-state index contributed by atoms with van der Waals surface area (Å²) in [5, 5.41) is 7.46. The van der Waals surface area contributed by atoms with Crippen molar-refractivity contribution >= 4 is 5.69 Å². The minimum absolute atomic E-state index is 0.603. The fourth-order valence-electron chi connectivity index (χ4n) is 3.82. The highest BCUT2D eigenvalue weighted by atomic mass is 16.5. The van der Waals surface area contributed by atoms with Crippen molar-refractivity contribution in [3.8, 4) is 5.75 Å². The first kappa shape index (κ1) is 13.7. The van der Waals surface area contributed by atoms with Crippen molar-refractivity contribution in [2.24, 2.45) is 5.92 Å². The van der Waals surface area contributed by atoms with Crippen LogP contribution in [-0.2, 0) is 0 Å². The summed E-state index contributed by atoms with van der Waals surface area (Å²) in [5.41, 5.74) is 1.19. The van der Waals surface area contributed by atoms with Gasteiger partial charge in [0.25, 0.3) is 0 Å². The molecular weight excluding hydrogens is 248 g/mol. The summed E-state index contributed by atoms with van der Waals surface area (Å²) in [7, 11) is 1.73. The lowest BCUT2D eigenvalue weighted by Gasteiger charge is -2.36. The largest absolute Gasteiger partial charge is 0.497 e. The summed E-state index contributed by atoms with van der Waals surface area (Å²) in [5.74, 6) is 1.71. The van der Waals surface area contributed by atoms with Gasteiger partial charge in [-0.15, -0.1) is 0 Å². The fraction of sp³-hybridized carbons (Fsp3) is 0.647. The van der Waals surface area contributed by atoms with E-state index in [4.69, 9.17) is 4.74 Å². The fourth-order valence-corrected chi connectivity index (χ4v) is 3.82. The van der Waals surface area contributed by atoms with Crippen LogP contribution in [-0.4, -0.2) is 25.7 Å². The number of benzene rings is 1. The van der Waals surface area contributed by atoms with Gasteiger partial charge in [0.15, 0.2) is 0 Å². The number of hydrogen-bond acceptors (Lipinski definition) is 3. The Balaban J connectivity index is 1.69. The van der Waals surface area contributed by atoms with E-state index in [2.05, 4.69) is 28.8 Å². The van der Waals surface area contributed by atoms with E-state index in [1.165, 1.54) is 50.8 Å². The van der Waals surface area contributed by atoms with Crippen LogP contribution < -0.4 is 15.4 Å². The molecule has 1 saturated heterocycles. The van der Waals surface area contributed by atoms with Crippen molar-refractivity contribution < 1.29 is 4.74 Å². The molecule has 3 nitrogen and oxygen atoms in total. The normalized spacial score (nSPS) is 30.1. The Morgan fingerprint density at radius 3 is 2.85 bits per heavy atom. The summed E-state index contributed by atoms with van der Waals surface area (Å²) >= 11 is 0. The summed E-state index contributed by atoms with van der Waals surface area (Å²) in [6.07, 6.45) is 8.08. The third-order valence-electron chi connectivity index (χ3n) is 4.86. The molecule has 0 amide bonds. The molecule has 20 heavy (non-hydrogen) atoms. The summed E-state index contributed by atoms with van der Waals surface area (Å²) in [4.78, 5) is 0. The zero-order valence-electron chi connectivity index (χ0n) is 12.4. The number of rotatable bonds is 4. The highest BCUT2D eigenvalue weighted by molar-refractivity contribution is 5.49. The molecule has 2 aliphatic rings. The molecule has 1 heterocycles. The van der Waals surface area contributed by atoms with Gasteiger partial charge in [0.2, 0.25) is 0 Å². The van der Waals surface area contributed by atoms with Gasteiger partial charge in [-0.05, 0) is 50.3 Å². The highest BCUT2D eigenvalue weighted by Crippen LogP contribution is 2.33. The van der Waals surface area contributed by atoms with E-state index in [1.54, 1.807) is 7.11 Å². The number of anilines is 1. The maximum atomic E-state index is 5.32. The molecule has 2 fully saturated rings. The Labute approximate surface area is 122 Å². The van der Waals surface area contributed by atoms with Crippen LogP contribution in [0.3, 0.4) is 0 Å². The summed E-state index contributed by atoms with van der Waals surface area (Å²) < 4.78 is 5.32. The van der Waals surface area contributed by atoms with E-state index in [0.717, 1.165) is 17.7 Å². The molecule has 1 saturated carbocycles. The predicted molar refractivity (Wildman–Crippen MR) is 83.4 cm³/mol. The van der Waals surface area contributed by atoms with Gasteiger partial charge in [-0.25, -0.2) is 0 Å². The van der Waals surface area contributed by atoms with E-state index in [0.29, 0.717) is 6.04 Å². The minimum Gasteiger partial charge on any atom is -0.497 e. The third kappa shape index (κ3) is 3.09. The van der Waals surface area contributed by atoms with Crippen molar-refractivity contribution in [3.05, 3.63) is 24.3 Å². The molecular formula is C17H26N2O. The second-order valence-corrected chi connectivity index (χ2v) is 6.13. The second kappa shape index (κ2) is 6.49. The van der Waals surface area contributed by atoms with Gasteiger partial charge in [-0.3, -0.25) is 0 Å². The lowest BCUT2D eigenvalue weighted by atomic mass is 9.79. The minimum atomic E-state index is 0.603. The van der Waals surface area contributed by atoms with E-state index >= 15 is 0 Å². The quantitative estimate of drug-likeness (QED) is 0.882. The molecule has 0 bridgehead atoms. The monoisotopic (exact) mass is 274 g/mol. The van der Waals surface area contributed by atoms with Crippen LogP contribution in [0.25, 0.3) is 0 Å².